The molecule has 1 aromatic carbocycles. The van der Waals surface area contributed by atoms with E-state index >= 15 is 0 Å². The molecule has 1 unspecified atom stereocenters. The average molecular weight is 272 g/mol. The first-order valence-electron chi connectivity index (χ1n) is 6.17. The Kier molecular flexibility index (Phi) is 3.68. The van der Waals surface area contributed by atoms with Crippen LogP contribution in [0.15, 0.2) is 18.2 Å². The Balaban J connectivity index is 2.32. The summed E-state index contributed by atoms with van der Waals surface area (Å²) in [4.78, 5) is 11.7. The van der Waals surface area contributed by atoms with E-state index in [0.29, 0.717) is 5.69 Å². The highest BCUT2D eigenvalue weighted by atomic mass is 19.4. The molecular weight excluding hydrogens is 257 g/mol. The molecular formula is C13H15F3N2O. The van der Waals surface area contributed by atoms with E-state index in [9.17, 15) is 18.0 Å². The van der Waals surface area contributed by atoms with Gasteiger partial charge in [-0.25, -0.2) is 0 Å². The molecule has 1 aliphatic rings. The number of carbonyl (C=O) groups excluding carboxylic acids is 1. The van der Waals surface area contributed by atoms with Crippen LogP contribution in [0.2, 0.25) is 0 Å². The molecule has 19 heavy (non-hydrogen) atoms. The van der Waals surface area contributed by atoms with Crippen molar-refractivity contribution in [2.24, 2.45) is 0 Å². The summed E-state index contributed by atoms with van der Waals surface area (Å²) in [5.41, 5.74) is -0.0296. The molecule has 104 valence electrons. The highest BCUT2D eigenvalue weighted by molar-refractivity contribution is 5.96. The summed E-state index contributed by atoms with van der Waals surface area (Å²) in [5.74, 6) is -0.260. The van der Waals surface area contributed by atoms with Crippen molar-refractivity contribution in [1.29, 1.82) is 0 Å². The Morgan fingerprint density at radius 2 is 2.05 bits per heavy atom. The summed E-state index contributed by atoms with van der Waals surface area (Å²) in [5, 5.41) is 5.64. The SMILES string of the molecule is CCCC1CC(=O)Nc2cc(C(F)(F)F)ccc2N1. The molecule has 3 nitrogen and oxygen atoms in total. The summed E-state index contributed by atoms with van der Waals surface area (Å²) in [7, 11) is 0. The van der Waals surface area contributed by atoms with E-state index in [1.165, 1.54) is 6.07 Å². The van der Waals surface area contributed by atoms with E-state index in [-0.39, 0.29) is 24.1 Å². The molecule has 0 spiro atoms. The van der Waals surface area contributed by atoms with Crippen molar-refractivity contribution in [3.63, 3.8) is 0 Å². The second kappa shape index (κ2) is 5.11. The Morgan fingerprint density at radius 1 is 1.32 bits per heavy atom. The first-order chi connectivity index (χ1) is 8.90. The van der Waals surface area contributed by atoms with Crippen LogP contribution >= 0.6 is 0 Å². The first kappa shape index (κ1) is 13.7. The van der Waals surface area contributed by atoms with E-state index in [2.05, 4.69) is 10.6 Å². The van der Waals surface area contributed by atoms with Gasteiger partial charge in [0.15, 0.2) is 0 Å². The Morgan fingerprint density at radius 3 is 2.68 bits per heavy atom. The largest absolute Gasteiger partial charge is 0.416 e. The van der Waals surface area contributed by atoms with Crippen LogP contribution in [0.3, 0.4) is 0 Å². The van der Waals surface area contributed by atoms with Crippen molar-refractivity contribution >= 4 is 17.3 Å². The van der Waals surface area contributed by atoms with Crippen molar-refractivity contribution in [1.82, 2.24) is 0 Å². The third kappa shape index (κ3) is 3.19. The van der Waals surface area contributed by atoms with Gasteiger partial charge in [0.1, 0.15) is 0 Å². The van der Waals surface area contributed by atoms with E-state index in [1.807, 2.05) is 6.92 Å². The zero-order valence-electron chi connectivity index (χ0n) is 10.5. The molecule has 0 aromatic heterocycles. The van der Waals surface area contributed by atoms with Gasteiger partial charge in [0.05, 0.1) is 16.9 Å². The third-order valence-electron chi connectivity index (χ3n) is 3.05. The van der Waals surface area contributed by atoms with Crippen LogP contribution in [0.5, 0.6) is 0 Å². The number of nitrogens with one attached hydrogen (secondary N) is 2. The van der Waals surface area contributed by atoms with Crippen molar-refractivity contribution in [2.75, 3.05) is 10.6 Å². The number of rotatable bonds is 2. The van der Waals surface area contributed by atoms with Gasteiger partial charge in [-0.3, -0.25) is 4.79 Å². The lowest BCUT2D eigenvalue weighted by atomic mass is 10.1. The lowest BCUT2D eigenvalue weighted by Crippen LogP contribution is -2.22. The minimum Gasteiger partial charge on any atom is -0.380 e. The highest BCUT2D eigenvalue weighted by Gasteiger charge is 2.32. The van der Waals surface area contributed by atoms with Crippen molar-refractivity contribution in [2.45, 2.75) is 38.4 Å². The van der Waals surface area contributed by atoms with Gasteiger partial charge in [0.25, 0.3) is 0 Å². The third-order valence-corrected chi connectivity index (χ3v) is 3.05. The zero-order valence-corrected chi connectivity index (χ0v) is 10.5. The molecule has 0 radical (unpaired) electrons. The fourth-order valence-electron chi connectivity index (χ4n) is 2.17. The predicted octanol–water partition coefficient (Wildman–Crippen LogP) is 3.63. The number of hydrogen-bond donors (Lipinski definition) is 2. The van der Waals surface area contributed by atoms with Crippen molar-refractivity contribution < 1.29 is 18.0 Å². The Labute approximate surface area is 109 Å². The molecule has 1 aliphatic heterocycles. The second-order valence-corrected chi connectivity index (χ2v) is 4.64. The second-order valence-electron chi connectivity index (χ2n) is 4.64. The van der Waals surface area contributed by atoms with Gasteiger partial charge in [0, 0.05) is 12.5 Å². The van der Waals surface area contributed by atoms with Crippen molar-refractivity contribution in [3.05, 3.63) is 23.8 Å². The molecule has 1 atom stereocenters. The molecule has 1 amide bonds. The molecule has 2 rings (SSSR count). The van der Waals surface area contributed by atoms with Crippen LogP contribution in [0.4, 0.5) is 24.5 Å². The van der Waals surface area contributed by atoms with Gasteiger partial charge in [-0.1, -0.05) is 13.3 Å². The van der Waals surface area contributed by atoms with E-state index < -0.39 is 11.7 Å². The van der Waals surface area contributed by atoms with Gasteiger partial charge in [0.2, 0.25) is 5.91 Å². The standard InChI is InChI=1S/C13H15F3N2O/c1-2-3-9-7-12(19)18-11-6-8(13(14,15)16)4-5-10(11)17-9/h4-6,9,17H,2-3,7H2,1H3,(H,18,19). The van der Waals surface area contributed by atoms with Gasteiger partial charge < -0.3 is 10.6 Å². The maximum Gasteiger partial charge on any atom is 0.416 e. The van der Waals surface area contributed by atoms with Crippen LogP contribution in [0.25, 0.3) is 0 Å². The average Bonchev–Trinajstić information content (AvgIpc) is 2.44. The topological polar surface area (TPSA) is 41.1 Å². The number of alkyl halides is 3. The number of carbonyl (C=O) groups is 1. The predicted molar refractivity (Wildman–Crippen MR) is 67.0 cm³/mol. The quantitative estimate of drug-likeness (QED) is 0.863. The molecule has 0 saturated heterocycles. The summed E-state index contributed by atoms with van der Waals surface area (Å²) in [6, 6.07) is 3.32. The van der Waals surface area contributed by atoms with Gasteiger partial charge >= 0.3 is 6.18 Å². The summed E-state index contributed by atoms with van der Waals surface area (Å²) >= 11 is 0. The number of benzene rings is 1. The molecule has 6 heteroatoms. The van der Waals surface area contributed by atoms with Gasteiger partial charge in [-0.05, 0) is 24.6 Å². The smallest absolute Gasteiger partial charge is 0.380 e. The van der Waals surface area contributed by atoms with Crippen LogP contribution in [0, 0.1) is 0 Å². The Bertz CT molecular complexity index is 485. The minimum atomic E-state index is -4.41. The van der Waals surface area contributed by atoms with E-state index in [4.69, 9.17) is 0 Å². The number of fused-ring (bicyclic) bond motifs is 1. The van der Waals surface area contributed by atoms with E-state index in [1.54, 1.807) is 0 Å². The van der Waals surface area contributed by atoms with Crippen LogP contribution < -0.4 is 10.6 Å². The number of anilines is 2. The highest BCUT2D eigenvalue weighted by Crippen LogP contribution is 2.35. The fourth-order valence-corrected chi connectivity index (χ4v) is 2.17. The summed E-state index contributed by atoms with van der Waals surface area (Å²) < 4.78 is 37.9. The minimum absolute atomic E-state index is 0.0389. The van der Waals surface area contributed by atoms with Crippen LogP contribution in [-0.2, 0) is 11.0 Å². The van der Waals surface area contributed by atoms with E-state index in [0.717, 1.165) is 25.0 Å². The normalized spacial score (nSPS) is 19.2. The lowest BCUT2D eigenvalue weighted by molar-refractivity contribution is -0.137. The number of amides is 1. The molecule has 0 aliphatic carbocycles. The van der Waals surface area contributed by atoms with Crippen LogP contribution in [-0.4, -0.2) is 11.9 Å². The molecule has 0 bridgehead atoms. The maximum absolute atomic E-state index is 12.6. The van der Waals surface area contributed by atoms with Crippen molar-refractivity contribution in [3.8, 4) is 0 Å². The summed E-state index contributed by atoms with van der Waals surface area (Å²) in [6.07, 6.45) is -2.44. The number of halogens is 3. The van der Waals surface area contributed by atoms with Crippen LogP contribution in [0.1, 0.15) is 31.7 Å². The molecule has 1 heterocycles. The summed E-state index contributed by atoms with van der Waals surface area (Å²) in [6.45, 7) is 2.00. The molecule has 2 N–H and O–H groups in total. The maximum atomic E-state index is 12.6. The molecule has 0 fully saturated rings. The molecule has 1 aromatic rings. The number of hydrogen-bond acceptors (Lipinski definition) is 2. The van der Waals surface area contributed by atoms with Gasteiger partial charge in [-0.15, -0.1) is 0 Å². The fraction of sp³-hybridized carbons (Fsp3) is 0.462. The lowest BCUT2D eigenvalue weighted by Gasteiger charge is -2.16. The monoisotopic (exact) mass is 272 g/mol. The first-order valence-corrected chi connectivity index (χ1v) is 6.17. The Hall–Kier alpha value is -1.72. The van der Waals surface area contributed by atoms with Gasteiger partial charge in [-0.2, -0.15) is 13.2 Å². The zero-order chi connectivity index (χ0) is 14.0. The molecule has 0 saturated carbocycles.